The zero-order valence-electron chi connectivity index (χ0n) is 34.3. The summed E-state index contributed by atoms with van der Waals surface area (Å²) < 4.78 is 69.8. The minimum absolute atomic E-state index is 0.0120. The maximum absolute atomic E-state index is 13.8. The number of hydrogen-bond donors (Lipinski definition) is 2. The first-order valence-corrected chi connectivity index (χ1v) is 23.2. The van der Waals surface area contributed by atoms with E-state index in [1.807, 2.05) is 72.8 Å². The molecule has 0 aliphatic carbocycles. The number of sulfonamides is 1. The molecule has 0 amide bonds. The number of nitrogens with zero attached hydrogens (tertiary/aromatic N) is 6. The zero-order valence-corrected chi connectivity index (χ0v) is 36.7. The molecule has 6 aromatic rings. The van der Waals surface area contributed by atoms with Crippen LogP contribution in [0, 0.1) is 10.1 Å². The Morgan fingerprint density at radius 2 is 1.65 bits per heavy atom. The summed E-state index contributed by atoms with van der Waals surface area (Å²) in [6.45, 7) is 4.80. The molecule has 2 heterocycles. The monoisotopic (exact) mass is 918 g/mol. The Kier molecular flexibility index (Phi) is 14.7. The molecule has 0 saturated carbocycles. The lowest BCUT2D eigenvalue weighted by molar-refractivity contribution is -0.384. The van der Waals surface area contributed by atoms with Gasteiger partial charge >= 0.3 is 6.18 Å². The Labute approximate surface area is 373 Å². The van der Waals surface area contributed by atoms with Gasteiger partial charge in [-0.25, -0.2) is 18.4 Å². The van der Waals surface area contributed by atoms with Gasteiger partial charge in [-0.05, 0) is 84.3 Å². The van der Waals surface area contributed by atoms with Gasteiger partial charge in [-0.3, -0.25) is 24.6 Å². The van der Waals surface area contributed by atoms with Gasteiger partial charge in [0.25, 0.3) is 15.7 Å². The number of nitrogens with one attached hydrogen (secondary N) is 2. The second-order valence-electron chi connectivity index (χ2n) is 15.1. The summed E-state index contributed by atoms with van der Waals surface area (Å²) in [5, 5.41) is 16.7. The Balaban J connectivity index is 1.03. The maximum Gasteiger partial charge on any atom is 0.401 e. The van der Waals surface area contributed by atoms with E-state index >= 15 is 0 Å². The Hall–Kier alpha value is -5.46. The molecule has 7 rings (SSSR count). The molecule has 63 heavy (non-hydrogen) atoms. The van der Waals surface area contributed by atoms with E-state index < -0.39 is 39.4 Å². The first-order valence-electron chi connectivity index (χ1n) is 20.4. The fourth-order valence-electron chi connectivity index (χ4n) is 7.51. The highest BCUT2D eigenvalue weighted by molar-refractivity contribution is 7.99. The molecule has 18 heteroatoms. The normalized spacial score (nSPS) is 14.2. The van der Waals surface area contributed by atoms with Crippen LogP contribution in [0.3, 0.4) is 0 Å². The largest absolute Gasteiger partial charge is 0.401 e. The smallest absolute Gasteiger partial charge is 0.376 e. The Bertz CT molecular complexity index is 2620. The molecule has 5 aromatic carbocycles. The topological polar surface area (TPSA) is 137 Å². The van der Waals surface area contributed by atoms with Gasteiger partial charge in [-0.2, -0.15) is 13.2 Å². The predicted octanol–water partition coefficient (Wildman–Crippen LogP) is 9.83. The van der Waals surface area contributed by atoms with E-state index in [0.717, 1.165) is 54.9 Å². The molecule has 1 aliphatic rings. The lowest BCUT2D eigenvalue weighted by Crippen LogP contribution is -2.46. The van der Waals surface area contributed by atoms with Crippen molar-refractivity contribution in [2.45, 2.75) is 41.9 Å². The third-order valence-corrected chi connectivity index (χ3v) is 13.6. The molecule has 2 N–H and O–H groups in total. The number of alkyl halides is 3. The number of halogens is 4. The number of benzene rings is 5. The highest BCUT2D eigenvalue weighted by Gasteiger charge is 2.31. The van der Waals surface area contributed by atoms with Gasteiger partial charge in [0.15, 0.2) is 5.82 Å². The van der Waals surface area contributed by atoms with E-state index in [1.54, 1.807) is 13.0 Å². The van der Waals surface area contributed by atoms with Gasteiger partial charge in [0, 0.05) is 78.1 Å². The SMILES string of the molecule is CCN(CC[C@H](CSc1ccccc1)Nc1ccc(S(=O)(=O)Nc2ncnc3cc(N4CCN(Cc5ccccc5-c5ccc(Cl)cc5)CC4)ccc23)cc1[N+](=O)[O-])CC(F)(F)F. The van der Waals surface area contributed by atoms with Crippen molar-refractivity contribution < 1.29 is 26.5 Å². The van der Waals surface area contributed by atoms with Crippen molar-refractivity contribution in [3.63, 3.8) is 0 Å². The number of hydrogen-bond acceptors (Lipinski definition) is 11. The van der Waals surface area contributed by atoms with E-state index in [2.05, 4.69) is 48.0 Å². The summed E-state index contributed by atoms with van der Waals surface area (Å²) in [6, 6.07) is 34.2. The van der Waals surface area contributed by atoms with Crippen LogP contribution < -0.4 is 14.9 Å². The fourth-order valence-corrected chi connectivity index (χ4v) is 9.68. The predicted molar refractivity (Wildman–Crippen MR) is 245 cm³/mol. The molecule has 1 aromatic heterocycles. The standard InChI is InChI=1S/C45H46ClF3N8O4S2/c1-2-54(30-45(47,48)49)21-20-35(29-62-37-9-4-3-5-10-37)52-41-19-17-38(27-43(41)57(58)59)63(60,61)53-44-40-18-16-36(26-42(40)50-31-51-44)56-24-22-55(23-25-56)28-33-8-6-7-11-39(33)32-12-14-34(46)15-13-32/h3-19,26-27,31,35,52H,2,20-25,28-30H2,1H3,(H,50,51,53)/t35-/m1/s1. The number of piperazine rings is 1. The van der Waals surface area contributed by atoms with Crippen LogP contribution in [0.15, 0.2) is 131 Å². The summed E-state index contributed by atoms with van der Waals surface area (Å²) in [5.41, 5.74) is 4.50. The summed E-state index contributed by atoms with van der Waals surface area (Å²) >= 11 is 7.59. The molecular formula is C45H46ClF3N8O4S2. The Morgan fingerprint density at radius 3 is 2.37 bits per heavy atom. The minimum atomic E-state index is -4.39. The van der Waals surface area contributed by atoms with Gasteiger partial charge in [0.05, 0.1) is 21.9 Å². The summed E-state index contributed by atoms with van der Waals surface area (Å²) in [5.74, 6) is 0.393. The number of rotatable bonds is 18. The molecule has 12 nitrogen and oxygen atoms in total. The van der Waals surface area contributed by atoms with Crippen molar-refractivity contribution in [2.75, 3.05) is 66.5 Å². The Morgan fingerprint density at radius 1 is 0.921 bits per heavy atom. The van der Waals surface area contributed by atoms with Crippen LogP contribution in [0.4, 0.5) is 36.1 Å². The zero-order chi connectivity index (χ0) is 44.6. The van der Waals surface area contributed by atoms with E-state index in [4.69, 9.17) is 11.6 Å². The van der Waals surface area contributed by atoms with Gasteiger partial charge in [0.1, 0.15) is 12.0 Å². The van der Waals surface area contributed by atoms with Gasteiger partial charge in [-0.1, -0.05) is 73.1 Å². The summed E-state index contributed by atoms with van der Waals surface area (Å²) in [4.78, 5) is 26.8. The van der Waals surface area contributed by atoms with E-state index in [9.17, 15) is 31.7 Å². The highest BCUT2D eigenvalue weighted by atomic mass is 35.5. The van der Waals surface area contributed by atoms with Crippen LogP contribution in [-0.2, 0) is 16.6 Å². The van der Waals surface area contributed by atoms with Crippen LogP contribution in [-0.4, -0.2) is 96.9 Å². The molecule has 1 fully saturated rings. The lowest BCUT2D eigenvalue weighted by Gasteiger charge is -2.36. The molecule has 1 atom stereocenters. The number of nitro groups is 1. The number of aromatic nitrogens is 2. The number of nitro benzene ring substituents is 1. The minimum Gasteiger partial charge on any atom is -0.376 e. The van der Waals surface area contributed by atoms with E-state index in [-0.39, 0.29) is 35.9 Å². The number of fused-ring (bicyclic) bond motifs is 1. The van der Waals surface area contributed by atoms with Crippen LogP contribution in [0.25, 0.3) is 22.0 Å². The van der Waals surface area contributed by atoms with Crippen molar-refractivity contribution in [1.82, 2.24) is 19.8 Å². The van der Waals surface area contributed by atoms with Crippen LogP contribution in [0.2, 0.25) is 5.02 Å². The first kappa shape index (κ1) is 45.6. The molecule has 330 valence electrons. The van der Waals surface area contributed by atoms with Crippen LogP contribution >= 0.6 is 23.4 Å². The van der Waals surface area contributed by atoms with Crippen LogP contribution in [0.1, 0.15) is 18.9 Å². The summed E-state index contributed by atoms with van der Waals surface area (Å²) in [7, 11) is -4.39. The molecule has 0 unspecified atom stereocenters. The average molecular weight is 919 g/mol. The van der Waals surface area contributed by atoms with Crippen molar-refractivity contribution in [3.05, 3.63) is 142 Å². The molecular weight excluding hydrogens is 873 g/mol. The third kappa shape index (κ3) is 12.2. The van der Waals surface area contributed by atoms with Gasteiger partial charge in [-0.15, -0.1) is 11.8 Å². The molecule has 1 saturated heterocycles. The quantitative estimate of drug-likeness (QED) is 0.0485. The fraction of sp³-hybridized carbons (Fsp3) is 0.289. The van der Waals surface area contributed by atoms with Crippen molar-refractivity contribution in [1.29, 1.82) is 0 Å². The second kappa shape index (κ2) is 20.4. The highest BCUT2D eigenvalue weighted by Crippen LogP contribution is 2.33. The lowest BCUT2D eigenvalue weighted by atomic mass is 9.99. The molecule has 0 bridgehead atoms. The van der Waals surface area contributed by atoms with Crippen molar-refractivity contribution in [2.24, 2.45) is 0 Å². The van der Waals surface area contributed by atoms with Crippen molar-refractivity contribution >= 4 is 67.2 Å². The molecule has 1 aliphatic heterocycles. The second-order valence-corrected chi connectivity index (χ2v) is 18.3. The number of thioether (sulfide) groups is 1. The van der Waals surface area contributed by atoms with E-state index in [0.29, 0.717) is 21.7 Å². The first-order chi connectivity index (χ1) is 30.2. The third-order valence-electron chi connectivity index (χ3n) is 10.8. The van der Waals surface area contributed by atoms with Crippen LogP contribution in [0.5, 0.6) is 0 Å². The average Bonchev–Trinajstić information content (AvgIpc) is 3.27. The number of anilines is 3. The van der Waals surface area contributed by atoms with Gasteiger partial charge < -0.3 is 10.2 Å². The summed E-state index contributed by atoms with van der Waals surface area (Å²) in [6.07, 6.45) is -2.88. The molecule has 0 radical (unpaired) electrons. The molecule has 0 spiro atoms. The van der Waals surface area contributed by atoms with Gasteiger partial charge in [0.2, 0.25) is 0 Å². The van der Waals surface area contributed by atoms with Crippen molar-refractivity contribution in [3.8, 4) is 11.1 Å². The maximum atomic E-state index is 13.8. The van der Waals surface area contributed by atoms with E-state index in [1.165, 1.54) is 46.2 Å².